The summed E-state index contributed by atoms with van der Waals surface area (Å²) in [5.41, 5.74) is 0.948. The van der Waals surface area contributed by atoms with Gasteiger partial charge in [0.15, 0.2) is 15.8 Å². The monoisotopic (exact) mass is 383 g/mol. The van der Waals surface area contributed by atoms with Crippen LogP contribution in [0.3, 0.4) is 0 Å². The van der Waals surface area contributed by atoms with Gasteiger partial charge >= 0.3 is 0 Å². The second-order valence-electron chi connectivity index (χ2n) is 7.00. The van der Waals surface area contributed by atoms with Gasteiger partial charge in [0.05, 0.1) is 11.4 Å². The Balaban J connectivity index is 2.70. The number of hydrogen-bond donors (Lipinski definition) is 3. The van der Waals surface area contributed by atoms with Crippen LogP contribution in [0, 0.1) is 11.8 Å². The average Bonchev–Trinajstić information content (AvgIpc) is 2.56. The van der Waals surface area contributed by atoms with Crippen LogP contribution in [0.1, 0.15) is 39.2 Å². The summed E-state index contributed by atoms with van der Waals surface area (Å²) in [5, 5.41) is 15.8. The molecule has 26 heavy (non-hydrogen) atoms. The molecule has 0 saturated heterocycles. The van der Waals surface area contributed by atoms with E-state index in [4.69, 9.17) is 0 Å². The van der Waals surface area contributed by atoms with Crippen LogP contribution < -0.4 is 10.6 Å². The van der Waals surface area contributed by atoms with Gasteiger partial charge in [-0.2, -0.15) is 0 Å². The fraction of sp³-hybridized carbons (Fsp3) is 0.632. The van der Waals surface area contributed by atoms with Gasteiger partial charge in [-0.25, -0.2) is 13.4 Å². The molecular formula is C19H33N3O3S. The SMILES string of the molecule is CCNC(=NCc1ccc(S(C)(=O)=O)cc1)NCC(CCO)CC(C)C. The molecule has 0 aliphatic rings. The molecular weight excluding hydrogens is 350 g/mol. The molecule has 1 rings (SSSR count). The van der Waals surface area contributed by atoms with Crippen LogP contribution in [0.4, 0.5) is 0 Å². The molecule has 6 nitrogen and oxygen atoms in total. The van der Waals surface area contributed by atoms with E-state index in [0.29, 0.717) is 23.3 Å². The molecule has 0 spiro atoms. The molecule has 1 atom stereocenters. The first kappa shape index (κ1) is 22.4. The van der Waals surface area contributed by atoms with Crippen molar-refractivity contribution in [3.8, 4) is 0 Å². The van der Waals surface area contributed by atoms with E-state index in [1.165, 1.54) is 6.26 Å². The zero-order valence-electron chi connectivity index (χ0n) is 16.3. The fourth-order valence-electron chi connectivity index (χ4n) is 2.75. The summed E-state index contributed by atoms with van der Waals surface area (Å²) < 4.78 is 23.0. The molecule has 0 bridgehead atoms. The Morgan fingerprint density at radius 1 is 1.19 bits per heavy atom. The molecule has 148 valence electrons. The zero-order valence-corrected chi connectivity index (χ0v) is 17.1. The predicted octanol–water partition coefficient (Wildman–Crippen LogP) is 2.19. The van der Waals surface area contributed by atoms with E-state index < -0.39 is 9.84 Å². The summed E-state index contributed by atoms with van der Waals surface area (Å²) in [6.45, 7) is 8.56. The summed E-state index contributed by atoms with van der Waals surface area (Å²) in [6, 6.07) is 6.80. The maximum Gasteiger partial charge on any atom is 0.191 e. The van der Waals surface area contributed by atoms with Crippen molar-refractivity contribution in [1.82, 2.24) is 10.6 Å². The molecule has 3 N–H and O–H groups in total. The van der Waals surface area contributed by atoms with Gasteiger partial charge in [0, 0.05) is 26.0 Å². The highest BCUT2D eigenvalue weighted by Gasteiger charge is 2.11. The molecule has 1 unspecified atom stereocenters. The van der Waals surface area contributed by atoms with Gasteiger partial charge in [-0.3, -0.25) is 0 Å². The van der Waals surface area contributed by atoms with Gasteiger partial charge in [0.2, 0.25) is 0 Å². The largest absolute Gasteiger partial charge is 0.396 e. The minimum atomic E-state index is -3.17. The van der Waals surface area contributed by atoms with Crippen molar-refractivity contribution in [3.63, 3.8) is 0 Å². The smallest absolute Gasteiger partial charge is 0.191 e. The Kier molecular flexibility index (Phi) is 9.65. The molecule has 0 radical (unpaired) electrons. The predicted molar refractivity (Wildman–Crippen MR) is 107 cm³/mol. The first-order valence-corrected chi connectivity index (χ1v) is 11.1. The number of guanidine groups is 1. The van der Waals surface area contributed by atoms with Crippen LogP contribution in [0.15, 0.2) is 34.2 Å². The Bertz CT molecular complexity index is 655. The second-order valence-corrected chi connectivity index (χ2v) is 9.02. The lowest BCUT2D eigenvalue weighted by molar-refractivity contribution is 0.243. The lowest BCUT2D eigenvalue weighted by atomic mass is 9.94. The molecule has 1 aromatic rings. The number of aliphatic imine (C=N–C) groups is 1. The molecule has 0 heterocycles. The fourth-order valence-corrected chi connectivity index (χ4v) is 3.38. The van der Waals surface area contributed by atoms with E-state index in [2.05, 4.69) is 29.5 Å². The summed E-state index contributed by atoms with van der Waals surface area (Å²) in [5.74, 6) is 1.71. The van der Waals surface area contributed by atoms with Crippen molar-refractivity contribution in [2.45, 2.75) is 45.1 Å². The number of rotatable bonds is 10. The van der Waals surface area contributed by atoms with E-state index in [1.54, 1.807) is 24.3 Å². The van der Waals surface area contributed by atoms with Crippen molar-refractivity contribution in [3.05, 3.63) is 29.8 Å². The van der Waals surface area contributed by atoms with Crippen molar-refractivity contribution in [1.29, 1.82) is 0 Å². The number of aliphatic hydroxyl groups is 1. The average molecular weight is 384 g/mol. The van der Waals surface area contributed by atoms with Gasteiger partial charge < -0.3 is 15.7 Å². The first-order valence-electron chi connectivity index (χ1n) is 9.18. The van der Waals surface area contributed by atoms with Gasteiger partial charge in [0.25, 0.3) is 0 Å². The summed E-state index contributed by atoms with van der Waals surface area (Å²) in [4.78, 5) is 4.88. The Hall–Kier alpha value is -1.60. The highest BCUT2D eigenvalue weighted by atomic mass is 32.2. The highest BCUT2D eigenvalue weighted by molar-refractivity contribution is 7.90. The maximum atomic E-state index is 11.5. The van der Waals surface area contributed by atoms with Crippen LogP contribution in [0.5, 0.6) is 0 Å². The van der Waals surface area contributed by atoms with Crippen LogP contribution >= 0.6 is 0 Å². The van der Waals surface area contributed by atoms with Crippen LogP contribution in [0.25, 0.3) is 0 Å². The van der Waals surface area contributed by atoms with Gasteiger partial charge in [0.1, 0.15) is 0 Å². The molecule has 7 heteroatoms. The van der Waals surface area contributed by atoms with E-state index in [-0.39, 0.29) is 6.61 Å². The number of hydrogen-bond acceptors (Lipinski definition) is 4. The number of benzene rings is 1. The van der Waals surface area contributed by atoms with Crippen LogP contribution in [-0.4, -0.2) is 45.4 Å². The standard InChI is InChI=1S/C19H33N3O3S/c1-5-20-19(22-14-17(10-11-23)12-15(2)3)21-13-16-6-8-18(9-7-16)26(4,24)25/h6-9,15,17,23H,5,10-14H2,1-4H3,(H2,20,21,22). The molecule has 0 fully saturated rings. The van der Waals surface area contributed by atoms with Gasteiger partial charge in [-0.1, -0.05) is 26.0 Å². The normalized spacial score (nSPS) is 13.7. The second kappa shape index (κ2) is 11.2. The van der Waals surface area contributed by atoms with Gasteiger partial charge in [-0.15, -0.1) is 0 Å². The van der Waals surface area contributed by atoms with E-state index in [0.717, 1.165) is 37.5 Å². The summed E-state index contributed by atoms with van der Waals surface area (Å²) in [7, 11) is -3.17. The third-order valence-electron chi connectivity index (χ3n) is 4.02. The number of nitrogens with zero attached hydrogens (tertiary/aromatic N) is 1. The van der Waals surface area contributed by atoms with Gasteiger partial charge in [-0.05, 0) is 49.3 Å². The Labute approximate surface area is 158 Å². The third-order valence-corrected chi connectivity index (χ3v) is 5.14. The van der Waals surface area contributed by atoms with Crippen molar-refractivity contribution < 1.29 is 13.5 Å². The highest BCUT2D eigenvalue weighted by Crippen LogP contribution is 2.14. The van der Waals surface area contributed by atoms with E-state index in [9.17, 15) is 13.5 Å². The molecule has 0 saturated carbocycles. The zero-order chi connectivity index (χ0) is 19.6. The molecule has 0 aliphatic carbocycles. The van der Waals surface area contributed by atoms with Crippen LogP contribution in [-0.2, 0) is 16.4 Å². The quantitative estimate of drug-likeness (QED) is 0.426. The van der Waals surface area contributed by atoms with E-state index in [1.807, 2.05) is 6.92 Å². The van der Waals surface area contributed by atoms with E-state index >= 15 is 0 Å². The maximum absolute atomic E-state index is 11.5. The lowest BCUT2D eigenvalue weighted by Gasteiger charge is -2.20. The number of aliphatic hydroxyl groups excluding tert-OH is 1. The molecule has 0 aliphatic heterocycles. The minimum Gasteiger partial charge on any atom is -0.396 e. The number of sulfone groups is 1. The Morgan fingerprint density at radius 2 is 1.85 bits per heavy atom. The van der Waals surface area contributed by atoms with Crippen molar-refractivity contribution in [2.75, 3.05) is 26.0 Å². The van der Waals surface area contributed by atoms with Crippen molar-refractivity contribution >= 4 is 15.8 Å². The first-order chi connectivity index (χ1) is 12.3. The summed E-state index contributed by atoms with van der Waals surface area (Å²) >= 11 is 0. The topological polar surface area (TPSA) is 90.8 Å². The number of nitrogens with one attached hydrogen (secondary N) is 2. The van der Waals surface area contributed by atoms with Crippen molar-refractivity contribution in [2.24, 2.45) is 16.8 Å². The molecule has 0 amide bonds. The Morgan fingerprint density at radius 3 is 2.35 bits per heavy atom. The lowest BCUT2D eigenvalue weighted by Crippen LogP contribution is -2.40. The molecule has 1 aromatic carbocycles. The molecule has 0 aromatic heterocycles. The minimum absolute atomic E-state index is 0.194. The summed E-state index contributed by atoms with van der Waals surface area (Å²) in [6.07, 6.45) is 3.03. The third kappa shape index (κ3) is 8.67. The van der Waals surface area contributed by atoms with Crippen LogP contribution in [0.2, 0.25) is 0 Å².